The Morgan fingerprint density at radius 2 is 2.14 bits per heavy atom. The van der Waals surface area contributed by atoms with Crippen molar-refractivity contribution in [2.75, 3.05) is 33.0 Å². The van der Waals surface area contributed by atoms with Crippen molar-refractivity contribution in [3.05, 3.63) is 41.7 Å². The van der Waals surface area contributed by atoms with E-state index in [0.717, 1.165) is 36.9 Å². The van der Waals surface area contributed by atoms with E-state index in [0.29, 0.717) is 18.8 Å². The summed E-state index contributed by atoms with van der Waals surface area (Å²) in [5.41, 5.74) is 1.20. The summed E-state index contributed by atoms with van der Waals surface area (Å²) in [6.45, 7) is 4.26. The molecule has 0 unspecified atom stereocenters. The monoisotopic (exact) mass is 418 g/mol. The molecule has 0 saturated carbocycles. The highest BCUT2D eigenvalue weighted by atomic mass is 32.2. The number of ether oxygens (including phenoxy) is 1. The molecule has 158 valence electrons. The van der Waals surface area contributed by atoms with Gasteiger partial charge < -0.3 is 15.0 Å². The van der Waals surface area contributed by atoms with Gasteiger partial charge in [0.25, 0.3) is 0 Å². The van der Waals surface area contributed by atoms with E-state index in [1.807, 2.05) is 18.2 Å². The predicted octanol–water partition coefficient (Wildman–Crippen LogP) is 1.31. The Morgan fingerprint density at radius 3 is 2.79 bits per heavy atom. The standard InChI is InChI=1S/C21H31N5O2S/c1-4-18(25(2)3)20-23-24-21(26(20)14-16-9-6-5-7-10-16)29-15-19(27)22-13-17-11-8-12-28-17/h5-7,9-10,17-18H,4,8,11-15H2,1-3H3,(H,22,27)/p+1/t17-,18+/m0/s1. The maximum absolute atomic E-state index is 12.3. The molecule has 3 rings (SSSR count). The molecule has 0 radical (unpaired) electrons. The summed E-state index contributed by atoms with van der Waals surface area (Å²) < 4.78 is 7.73. The molecule has 2 atom stereocenters. The fourth-order valence-corrected chi connectivity index (χ4v) is 4.42. The molecule has 0 aliphatic carbocycles. The zero-order valence-electron chi connectivity index (χ0n) is 17.6. The molecule has 0 bridgehead atoms. The first-order valence-corrected chi connectivity index (χ1v) is 11.3. The number of nitrogens with one attached hydrogen (secondary N) is 2. The normalized spacial score (nSPS) is 17.6. The van der Waals surface area contributed by atoms with Crippen LogP contribution in [0.2, 0.25) is 0 Å². The number of rotatable bonds is 10. The summed E-state index contributed by atoms with van der Waals surface area (Å²) in [5.74, 6) is 1.30. The van der Waals surface area contributed by atoms with Crippen molar-refractivity contribution >= 4 is 17.7 Å². The van der Waals surface area contributed by atoms with Gasteiger partial charge in [-0.3, -0.25) is 9.36 Å². The van der Waals surface area contributed by atoms with Gasteiger partial charge in [-0.25, -0.2) is 0 Å². The minimum atomic E-state index is 0.00610. The summed E-state index contributed by atoms with van der Waals surface area (Å²) in [6, 6.07) is 10.6. The van der Waals surface area contributed by atoms with E-state index in [1.54, 1.807) is 0 Å². The molecule has 2 heterocycles. The molecule has 0 spiro atoms. The first-order chi connectivity index (χ1) is 14.1. The number of hydrogen-bond donors (Lipinski definition) is 2. The highest BCUT2D eigenvalue weighted by Crippen LogP contribution is 2.22. The topological polar surface area (TPSA) is 73.5 Å². The number of benzene rings is 1. The SMILES string of the molecule is CC[C@H](c1nnc(SCC(=O)NC[C@@H]2CCCO2)n1Cc1ccccc1)[NH+](C)C. The van der Waals surface area contributed by atoms with Gasteiger partial charge in [0.05, 0.1) is 32.5 Å². The Hall–Kier alpha value is -1.90. The Balaban J connectivity index is 1.69. The fraction of sp³-hybridized carbons (Fsp3) is 0.571. The van der Waals surface area contributed by atoms with E-state index < -0.39 is 0 Å². The van der Waals surface area contributed by atoms with Crippen molar-refractivity contribution in [3.63, 3.8) is 0 Å². The molecule has 1 aromatic heterocycles. The molecular formula is C21H32N5O2S+. The van der Waals surface area contributed by atoms with Crippen LogP contribution >= 0.6 is 11.8 Å². The quantitative estimate of drug-likeness (QED) is 0.569. The van der Waals surface area contributed by atoms with Crippen LogP contribution in [0.4, 0.5) is 0 Å². The summed E-state index contributed by atoms with van der Waals surface area (Å²) in [6.07, 6.45) is 3.23. The van der Waals surface area contributed by atoms with Gasteiger partial charge in [-0.1, -0.05) is 49.0 Å². The number of nitrogens with zero attached hydrogens (tertiary/aromatic N) is 3. The highest BCUT2D eigenvalue weighted by molar-refractivity contribution is 7.99. The third-order valence-electron chi connectivity index (χ3n) is 5.23. The maximum Gasteiger partial charge on any atom is 0.230 e. The van der Waals surface area contributed by atoms with Gasteiger partial charge in [-0.05, 0) is 18.4 Å². The average molecular weight is 419 g/mol. The number of carbonyl (C=O) groups excluding carboxylic acids is 1. The van der Waals surface area contributed by atoms with E-state index in [2.05, 4.69) is 53.2 Å². The second-order valence-electron chi connectivity index (χ2n) is 7.68. The first-order valence-electron chi connectivity index (χ1n) is 10.4. The number of quaternary nitrogens is 1. The zero-order chi connectivity index (χ0) is 20.6. The van der Waals surface area contributed by atoms with E-state index in [9.17, 15) is 4.79 Å². The predicted molar refractivity (Wildman–Crippen MR) is 114 cm³/mol. The van der Waals surface area contributed by atoms with Gasteiger partial charge in [0.15, 0.2) is 11.0 Å². The van der Waals surface area contributed by atoms with Gasteiger partial charge in [0.1, 0.15) is 6.04 Å². The van der Waals surface area contributed by atoms with Crippen LogP contribution in [-0.2, 0) is 16.1 Å². The van der Waals surface area contributed by atoms with Crippen molar-refractivity contribution < 1.29 is 14.4 Å². The molecule has 2 N–H and O–H groups in total. The lowest BCUT2D eigenvalue weighted by Crippen LogP contribution is -3.06. The van der Waals surface area contributed by atoms with Crippen LogP contribution in [0.1, 0.15) is 43.6 Å². The minimum absolute atomic E-state index is 0.00610. The molecule has 1 aromatic carbocycles. The van der Waals surface area contributed by atoms with Crippen molar-refractivity contribution in [1.29, 1.82) is 0 Å². The molecular weight excluding hydrogens is 386 g/mol. The van der Waals surface area contributed by atoms with Crippen molar-refractivity contribution in [1.82, 2.24) is 20.1 Å². The van der Waals surface area contributed by atoms with E-state index in [4.69, 9.17) is 4.74 Å². The van der Waals surface area contributed by atoms with Crippen LogP contribution in [0.25, 0.3) is 0 Å². The average Bonchev–Trinajstić information content (AvgIpc) is 3.37. The largest absolute Gasteiger partial charge is 0.376 e. The lowest BCUT2D eigenvalue weighted by molar-refractivity contribution is -0.893. The molecule has 1 saturated heterocycles. The van der Waals surface area contributed by atoms with Gasteiger partial charge in [-0.15, -0.1) is 10.2 Å². The Bertz CT molecular complexity index is 775. The third-order valence-corrected chi connectivity index (χ3v) is 6.20. The second kappa shape index (κ2) is 10.8. The highest BCUT2D eigenvalue weighted by Gasteiger charge is 2.25. The second-order valence-corrected chi connectivity index (χ2v) is 8.62. The van der Waals surface area contributed by atoms with Crippen LogP contribution < -0.4 is 10.2 Å². The zero-order valence-corrected chi connectivity index (χ0v) is 18.4. The maximum atomic E-state index is 12.3. The lowest BCUT2D eigenvalue weighted by atomic mass is 10.2. The molecule has 1 fully saturated rings. The van der Waals surface area contributed by atoms with E-state index in [1.165, 1.54) is 22.2 Å². The summed E-state index contributed by atoms with van der Waals surface area (Å²) in [4.78, 5) is 13.6. The van der Waals surface area contributed by atoms with Crippen LogP contribution in [0, 0.1) is 0 Å². The van der Waals surface area contributed by atoms with Crippen molar-refractivity contribution in [3.8, 4) is 0 Å². The van der Waals surface area contributed by atoms with Crippen LogP contribution in [0.3, 0.4) is 0 Å². The molecule has 29 heavy (non-hydrogen) atoms. The molecule has 8 heteroatoms. The number of aromatic nitrogens is 3. The molecule has 7 nitrogen and oxygen atoms in total. The van der Waals surface area contributed by atoms with Gasteiger partial charge in [0.2, 0.25) is 5.91 Å². The smallest absolute Gasteiger partial charge is 0.230 e. The molecule has 2 aromatic rings. The van der Waals surface area contributed by atoms with Crippen LogP contribution in [0.5, 0.6) is 0 Å². The summed E-state index contributed by atoms with van der Waals surface area (Å²) >= 11 is 1.44. The summed E-state index contributed by atoms with van der Waals surface area (Å²) in [5, 5.41) is 12.7. The number of thioether (sulfide) groups is 1. The Kier molecular flexibility index (Phi) is 8.09. The van der Waals surface area contributed by atoms with Crippen molar-refractivity contribution in [2.45, 2.75) is 50.0 Å². The summed E-state index contributed by atoms with van der Waals surface area (Å²) in [7, 11) is 4.28. The fourth-order valence-electron chi connectivity index (χ4n) is 3.64. The Labute approximate surface area is 177 Å². The van der Waals surface area contributed by atoms with Gasteiger partial charge in [-0.2, -0.15) is 0 Å². The number of amides is 1. The van der Waals surface area contributed by atoms with E-state index in [-0.39, 0.29) is 18.1 Å². The molecule has 1 aliphatic rings. The lowest BCUT2D eigenvalue weighted by Gasteiger charge is -2.20. The minimum Gasteiger partial charge on any atom is -0.376 e. The third kappa shape index (κ3) is 6.04. The molecule has 1 aliphatic heterocycles. The Morgan fingerprint density at radius 1 is 1.34 bits per heavy atom. The van der Waals surface area contributed by atoms with Gasteiger partial charge in [0, 0.05) is 19.6 Å². The van der Waals surface area contributed by atoms with Crippen molar-refractivity contribution in [2.24, 2.45) is 0 Å². The van der Waals surface area contributed by atoms with Crippen LogP contribution in [0.15, 0.2) is 35.5 Å². The van der Waals surface area contributed by atoms with E-state index >= 15 is 0 Å². The van der Waals surface area contributed by atoms with Gasteiger partial charge >= 0.3 is 0 Å². The van der Waals surface area contributed by atoms with Crippen LogP contribution in [-0.4, -0.2) is 59.8 Å². The number of carbonyl (C=O) groups is 1. The first kappa shape index (κ1) is 21.8. The molecule has 1 amide bonds. The number of hydrogen-bond acceptors (Lipinski definition) is 5.